The summed E-state index contributed by atoms with van der Waals surface area (Å²) in [6.07, 6.45) is 1.47. The van der Waals surface area contributed by atoms with Crippen molar-refractivity contribution in [3.8, 4) is 11.8 Å². The number of hydrogen-bond donors (Lipinski definition) is 2. The van der Waals surface area contributed by atoms with Crippen LogP contribution in [0.1, 0.15) is 11.1 Å². The molecule has 0 unspecified atom stereocenters. The highest BCUT2D eigenvalue weighted by Crippen LogP contribution is 2.33. The van der Waals surface area contributed by atoms with Crippen LogP contribution in [0, 0.1) is 11.3 Å². The lowest BCUT2D eigenvalue weighted by molar-refractivity contribution is -0.117. The van der Waals surface area contributed by atoms with E-state index in [1.807, 2.05) is 36.4 Å². The molecule has 0 saturated carbocycles. The summed E-state index contributed by atoms with van der Waals surface area (Å²) in [4.78, 5) is 12.1. The fraction of sp³-hybridized carbons (Fsp3) is 0.0588. The van der Waals surface area contributed by atoms with Crippen molar-refractivity contribution in [2.45, 2.75) is 6.54 Å². The zero-order valence-corrected chi connectivity index (χ0v) is 15.1. The molecular weight excluding hydrogens is 424 g/mol. The lowest BCUT2D eigenvalue weighted by atomic mass is 10.1. The molecule has 23 heavy (non-hydrogen) atoms. The molecule has 4 nitrogen and oxygen atoms in total. The Balaban J connectivity index is 2.15. The molecule has 0 aromatic heterocycles. The number of benzene rings is 2. The van der Waals surface area contributed by atoms with Gasteiger partial charge in [0.2, 0.25) is 0 Å². The molecule has 2 aromatic rings. The van der Waals surface area contributed by atoms with Crippen molar-refractivity contribution in [2.75, 3.05) is 0 Å². The van der Waals surface area contributed by atoms with Gasteiger partial charge in [0.05, 0.1) is 8.95 Å². The molecule has 0 aliphatic carbocycles. The molecule has 0 spiro atoms. The van der Waals surface area contributed by atoms with E-state index in [-0.39, 0.29) is 11.3 Å². The molecule has 0 heterocycles. The molecular formula is C17H12Br2N2O2. The maximum absolute atomic E-state index is 12.1. The second-order valence-corrected chi connectivity index (χ2v) is 6.38. The number of amides is 1. The van der Waals surface area contributed by atoms with Crippen LogP contribution in [0.15, 0.2) is 57.0 Å². The number of carbonyl (C=O) groups excluding carboxylic acids is 1. The summed E-state index contributed by atoms with van der Waals surface area (Å²) >= 11 is 6.43. The molecule has 0 bridgehead atoms. The topological polar surface area (TPSA) is 73.1 Å². The minimum absolute atomic E-state index is 0.00887. The average Bonchev–Trinajstić information content (AvgIpc) is 2.56. The molecule has 2 rings (SSSR count). The Hall–Kier alpha value is -2.10. The van der Waals surface area contributed by atoms with Gasteiger partial charge in [-0.15, -0.1) is 0 Å². The first-order chi connectivity index (χ1) is 11.0. The summed E-state index contributed by atoms with van der Waals surface area (Å²) in [7, 11) is 0. The number of carbonyl (C=O) groups is 1. The van der Waals surface area contributed by atoms with E-state index in [1.165, 1.54) is 6.08 Å². The number of nitrogens with one attached hydrogen (secondary N) is 1. The van der Waals surface area contributed by atoms with Crippen molar-refractivity contribution < 1.29 is 9.90 Å². The number of hydrogen-bond acceptors (Lipinski definition) is 3. The third kappa shape index (κ3) is 4.68. The Morgan fingerprint density at radius 2 is 1.83 bits per heavy atom. The van der Waals surface area contributed by atoms with Crippen LogP contribution in [0.25, 0.3) is 6.08 Å². The first kappa shape index (κ1) is 17.3. The van der Waals surface area contributed by atoms with Crippen molar-refractivity contribution in [1.82, 2.24) is 5.32 Å². The number of aromatic hydroxyl groups is 1. The minimum atomic E-state index is -0.448. The van der Waals surface area contributed by atoms with Crippen LogP contribution < -0.4 is 5.32 Å². The molecule has 0 aliphatic heterocycles. The number of nitrogens with zero attached hydrogens (tertiary/aromatic N) is 1. The Labute approximate surface area is 150 Å². The number of halogens is 2. The highest BCUT2D eigenvalue weighted by molar-refractivity contribution is 9.11. The van der Waals surface area contributed by atoms with Gasteiger partial charge >= 0.3 is 0 Å². The van der Waals surface area contributed by atoms with Crippen molar-refractivity contribution in [3.63, 3.8) is 0 Å². The second kappa shape index (κ2) is 7.95. The van der Waals surface area contributed by atoms with E-state index in [2.05, 4.69) is 37.2 Å². The van der Waals surface area contributed by atoms with Gasteiger partial charge in [-0.25, -0.2) is 0 Å². The first-order valence-corrected chi connectivity index (χ1v) is 8.22. The molecule has 2 N–H and O–H groups in total. The van der Waals surface area contributed by atoms with Crippen LogP contribution in [0.5, 0.6) is 5.75 Å². The largest absolute Gasteiger partial charge is 0.506 e. The van der Waals surface area contributed by atoms with E-state index in [0.29, 0.717) is 21.1 Å². The van der Waals surface area contributed by atoms with Gasteiger partial charge in [0.1, 0.15) is 17.4 Å². The third-order valence-electron chi connectivity index (χ3n) is 3.01. The van der Waals surface area contributed by atoms with E-state index in [1.54, 1.807) is 12.1 Å². The highest BCUT2D eigenvalue weighted by Gasteiger charge is 2.10. The summed E-state index contributed by atoms with van der Waals surface area (Å²) < 4.78 is 0.945. The van der Waals surface area contributed by atoms with Gasteiger partial charge in [0.25, 0.3) is 5.91 Å². The van der Waals surface area contributed by atoms with E-state index in [9.17, 15) is 15.2 Å². The van der Waals surface area contributed by atoms with Gasteiger partial charge in [0.15, 0.2) is 0 Å². The second-order valence-electron chi connectivity index (χ2n) is 4.67. The molecule has 6 heteroatoms. The lowest BCUT2D eigenvalue weighted by Crippen LogP contribution is -2.23. The first-order valence-electron chi connectivity index (χ1n) is 6.63. The van der Waals surface area contributed by atoms with Crippen molar-refractivity contribution in [3.05, 3.63) is 68.1 Å². The van der Waals surface area contributed by atoms with Crippen LogP contribution >= 0.6 is 31.9 Å². The summed E-state index contributed by atoms with van der Waals surface area (Å²) in [5, 5.41) is 21.6. The molecule has 0 aliphatic rings. The maximum atomic E-state index is 12.1. The average molecular weight is 436 g/mol. The highest BCUT2D eigenvalue weighted by atomic mass is 79.9. The van der Waals surface area contributed by atoms with Gasteiger partial charge in [-0.2, -0.15) is 5.26 Å². The SMILES string of the molecule is N#C/C(=C\c1cc(Br)c(O)c(Br)c1)C(=O)NCc1ccccc1. The monoisotopic (exact) mass is 434 g/mol. The normalized spacial score (nSPS) is 10.9. The Morgan fingerprint density at radius 1 is 1.22 bits per heavy atom. The summed E-state index contributed by atoms with van der Waals surface area (Å²) in [6.45, 7) is 0.349. The van der Waals surface area contributed by atoms with Crippen molar-refractivity contribution in [1.29, 1.82) is 5.26 Å². The standard InChI is InChI=1S/C17H12Br2N2O2/c18-14-7-12(8-15(19)16(14)22)6-13(9-20)17(23)21-10-11-4-2-1-3-5-11/h1-8,22H,10H2,(H,21,23)/b13-6+. The van der Waals surface area contributed by atoms with E-state index in [4.69, 9.17) is 0 Å². The number of phenolic OH excluding ortho intramolecular Hbond substituents is 1. The fourth-order valence-electron chi connectivity index (χ4n) is 1.86. The quantitative estimate of drug-likeness (QED) is 0.559. The molecule has 116 valence electrons. The zero-order valence-electron chi connectivity index (χ0n) is 11.9. The Bertz CT molecular complexity index is 773. The van der Waals surface area contributed by atoms with Gasteiger partial charge in [-0.3, -0.25) is 4.79 Å². The van der Waals surface area contributed by atoms with Crippen molar-refractivity contribution in [2.24, 2.45) is 0 Å². The van der Waals surface area contributed by atoms with Crippen molar-refractivity contribution >= 4 is 43.8 Å². The maximum Gasteiger partial charge on any atom is 0.262 e. The predicted molar refractivity (Wildman–Crippen MR) is 95.4 cm³/mol. The van der Waals surface area contributed by atoms with Gasteiger partial charge in [-0.1, -0.05) is 30.3 Å². The molecule has 0 fully saturated rings. The van der Waals surface area contributed by atoms with Crippen LogP contribution in [0.3, 0.4) is 0 Å². The molecule has 0 radical (unpaired) electrons. The molecule has 1 amide bonds. The third-order valence-corrected chi connectivity index (χ3v) is 4.22. The molecule has 0 saturated heterocycles. The summed E-state index contributed by atoms with van der Waals surface area (Å²) in [5.41, 5.74) is 1.56. The van der Waals surface area contributed by atoms with Gasteiger partial charge < -0.3 is 10.4 Å². The van der Waals surface area contributed by atoms with Crippen LogP contribution in [0.4, 0.5) is 0 Å². The van der Waals surface area contributed by atoms with Crippen LogP contribution in [-0.4, -0.2) is 11.0 Å². The minimum Gasteiger partial charge on any atom is -0.506 e. The van der Waals surface area contributed by atoms with Crippen LogP contribution in [0.2, 0.25) is 0 Å². The molecule has 2 aromatic carbocycles. The van der Waals surface area contributed by atoms with E-state index < -0.39 is 5.91 Å². The van der Waals surface area contributed by atoms with Gasteiger partial charge in [-0.05, 0) is 61.2 Å². The smallest absolute Gasteiger partial charge is 0.262 e. The predicted octanol–water partition coefficient (Wildman–Crippen LogP) is 4.14. The lowest BCUT2D eigenvalue weighted by Gasteiger charge is -2.05. The fourth-order valence-corrected chi connectivity index (χ4v) is 3.08. The summed E-state index contributed by atoms with van der Waals surface area (Å²) in [6, 6.07) is 14.6. The summed E-state index contributed by atoms with van der Waals surface area (Å²) in [5.74, 6) is -0.383. The van der Waals surface area contributed by atoms with Crippen LogP contribution in [-0.2, 0) is 11.3 Å². The Kier molecular flexibility index (Phi) is 5.97. The van der Waals surface area contributed by atoms with E-state index >= 15 is 0 Å². The number of rotatable bonds is 4. The number of phenols is 1. The molecule has 0 atom stereocenters. The van der Waals surface area contributed by atoms with E-state index in [0.717, 1.165) is 5.56 Å². The van der Waals surface area contributed by atoms with Gasteiger partial charge in [0, 0.05) is 6.54 Å². The zero-order chi connectivity index (χ0) is 16.8. The number of nitriles is 1. The Morgan fingerprint density at radius 3 is 2.39 bits per heavy atom.